The van der Waals surface area contributed by atoms with Gasteiger partial charge in [0.15, 0.2) is 5.82 Å². The average Bonchev–Trinajstić information content (AvgIpc) is 3.39. The summed E-state index contributed by atoms with van der Waals surface area (Å²) in [4.78, 5) is 34.1. The Bertz CT molecular complexity index is 1360. The standard InChI is InChI=1S/C22H21ClF3N5O3/c1-2-3-6-30-20-14(10-17(23)27-20)21(32)31(22(30)33)7-4-5-19-28-18(29-34-19)11-13-15(25)8-12(24)9-16(13)26/h8-9H,2-7,10-11H2,1H3. The Morgan fingerprint density at radius 1 is 1.09 bits per heavy atom. The van der Waals surface area contributed by atoms with Gasteiger partial charge < -0.3 is 4.52 Å². The molecule has 3 aromatic rings. The Kier molecular flexibility index (Phi) is 7.01. The zero-order valence-corrected chi connectivity index (χ0v) is 19.0. The van der Waals surface area contributed by atoms with Gasteiger partial charge in [0.1, 0.15) is 28.4 Å². The number of benzene rings is 1. The Labute approximate surface area is 196 Å². The van der Waals surface area contributed by atoms with E-state index in [0.717, 1.165) is 17.4 Å². The number of nitrogens with zero attached hydrogens (tertiary/aromatic N) is 5. The molecule has 0 N–H and O–H groups in total. The van der Waals surface area contributed by atoms with Crippen molar-refractivity contribution in [3.8, 4) is 0 Å². The maximum atomic E-state index is 13.9. The maximum Gasteiger partial charge on any atom is 0.332 e. The summed E-state index contributed by atoms with van der Waals surface area (Å²) in [6, 6.07) is 1.17. The predicted octanol–water partition coefficient (Wildman–Crippen LogP) is 3.66. The minimum atomic E-state index is -1.04. The molecule has 1 aromatic carbocycles. The number of aromatic nitrogens is 4. The molecule has 0 bridgehead atoms. The highest BCUT2D eigenvalue weighted by Gasteiger charge is 2.24. The number of aryl methyl sites for hydroxylation is 1. The van der Waals surface area contributed by atoms with Gasteiger partial charge in [-0.15, -0.1) is 0 Å². The van der Waals surface area contributed by atoms with Gasteiger partial charge >= 0.3 is 5.69 Å². The van der Waals surface area contributed by atoms with E-state index in [1.54, 1.807) is 0 Å². The highest BCUT2D eigenvalue weighted by Crippen LogP contribution is 2.24. The van der Waals surface area contributed by atoms with Crippen LogP contribution in [0.4, 0.5) is 19.0 Å². The Morgan fingerprint density at radius 3 is 2.50 bits per heavy atom. The Morgan fingerprint density at radius 2 is 1.79 bits per heavy atom. The van der Waals surface area contributed by atoms with Crippen molar-refractivity contribution in [3.63, 3.8) is 0 Å². The van der Waals surface area contributed by atoms with Gasteiger partial charge in [0.25, 0.3) is 5.56 Å². The third kappa shape index (κ3) is 4.84. The summed E-state index contributed by atoms with van der Waals surface area (Å²) < 4.78 is 48.5. The van der Waals surface area contributed by atoms with Gasteiger partial charge in [-0.1, -0.05) is 30.1 Å². The molecule has 8 nitrogen and oxygen atoms in total. The van der Waals surface area contributed by atoms with Gasteiger partial charge in [0.05, 0.1) is 5.56 Å². The predicted molar refractivity (Wildman–Crippen MR) is 118 cm³/mol. The first-order valence-electron chi connectivity index (χ1n) is 10.8. The molecule has 0 amide bonds. The molecule has 180 valence electrons. The molecule has 0 saturated carbocycles. The van der Waals surface area contributed by atoms with Gasteiger partial charge in [-0.25, -0.2) is 23.0 Å². The Balaban J connectivity index is 1.47. The quantitative estimate of drug-likeness (QED) is 0.451. The van der Waals surface area contributed by atoms with Crippen LogP contribution in [0.15, 0.2) is 31.2 Å². The Hall–Kier alpha value is -3.21. The van der Waals surface area contributed by atoms with Crippen LogP contribution in [-0.4, -0.2) is 24.4 Å². The topological polar surface area (TPSA) is 95.3 Å². The molecule has 0 atom stereocenters. The van der Waals surface area contributed by atoms with Crippen molar-refractivity contribution >= 4 is 22.6 Å². The van der Waals surface area contributed by atoms with Crippen LogP contribution in [0.2, 0.25) is 0 Å². The zero-order chi connectivity index (χ0) is 24.4. The van der Waals surface area contributed by atoms with Gasteiger partial charge in [0, 0.05) is 50.0 Å². The summed E-state index contributed by atoms with van der Waals surface area (Å²) in [6.45, 7) is 2.53. The molecule has 0 spiro atoms. The van der Waals surface area contributed by atoms with Crippen LogP contribution in [0.3, 0.4) is 0 Å². The number of rotatable bonds is 9. The van der Waals surface area contributed by atoms with Crippen LogP contribution in [0.1, 0.15) is 49.0 Å². The van der Waals surface area contributed by atoms with Gasteiger partial charge in [-0.05, 0) is 12.8 Å². The third-order valence-electron chi connectivity index (χ3n) is 5.50. The van der Waals surface area contributed by atoms with Gasteiger partial charge in [0.2, 0.25) is 5.89 Å². The van der Waals surface area contributed by atoms with E-state index >= 15 is 0 Å². The summed E-state index contributed by atoms with van der Waals surface area (Å²) >= 11 is 6.03. The first-order chi connectivity index (χ1) is 16.3. The lowest BCUT2D eigenvalue weighted by atomic mass is 10.1. The molecule has 0 saturated heterocycles. The molecule has 2 aromatic heterocycles. The lowest BCUT2D eigenvalue weighted by Crippen LogP contribution is -2.41. The van der Waals surface area contributed by atoms with Crippen molar-refractivity contribution in [1.82, 2.24) is 19.3 Å². The molecule has 1 aliphatic rings. The van der Waals surface area contributed by atoms with Crippen LogP contribution >= 0.6 is 11.6 Å². The summed E-state index contributed by atoms with van der Waals surface area (Å²) in [5.74, 6) is -2.55. The number of halogens is 4. The fraction of sp³-hybridized carbons (Fsp3) is 0.409. The second-order valence-corrected chi connectivity index (χ2v) is 8.38. The molecule has 0 unspecified atom stereocenters. The molecule has 0 radical (unpaired) electrons. The molecule has 34 heavy (non-hydrogen) atoms. The van der Waals surface area contributed by atoms with Crippen LogP contribution in [0.5, 0.6) is 0 Å². The van der Waals surface area contributed by atoms with E-state index in [4.69, 9.17) is 16.1 Å². The molecule has 4 rings (SSSR count). The molecule has 0 aliphatic carbocycles. The van der Waals surface area contributed by atoms with Crippen molar-refractivity contribution in [2.45, 2.75) is 58.5 Å². The zero-order valence-electron chi connectivity index (χ0n) is 18.3. The monoisotopic (exact) mass is 495 g/mol. The molecule has 0 fully saturated rings. The molecule has 3 heterocycles. The summed E-state index contributed by atoms with van der Waals surface area (Å²) in [5, 5.41) is 3.97. The van der Waals surface area contributed by atoms with Crippen molar-refractivity contribution < 1.29 is 17.7 Å². The fourth-order valence-corrected chi connectivity index (χ4v) is 4.01. The second-order valence-electron chi connectivity index (χ2n) is 7.94. The highest BCUT2D eigenvalue weighted by molar-refractivity contribution is 6.66. The van der Waals surface area contributed by atoms with E-state index in [0.29, 0.717) is 36.5 Å². The van der Waals surface area contributed by atoms with E-state index in [-0.39, 0.29) is 48.3 Å². The molecule has 1 aliphatic heterocycles. The van der Waals surface area contributed by atoms with Crippen LogP contribution in [0, 0.1) is 17.5 Å². The molecular formula is C22H21ClF3N5O3. The van der Waals surface area contributed by atoms with E-state index < -0.39 is 28.7 Å². The van der Waals surface area contributed by atoms with Gasteiger partial charge in [-0.2, -0.15) is 4.98 Å². The van der Waals surface area contributed by atoms with E-state index in [1.165, 1.54) is 4.57 Å². The van der Waals surface area contributed by atoms with Crippen molar-refractivity contribution in [1.29, 1.82) is 0 Å². The lowest BCUT2D eigenvalue weighted by Gasteiger charge is -2.13. The van der Waals surface area contributed by atoms with E-state index in [2.05, 4.69) is 15.1 Å². The highest BCUT2D eigenvalue weighted by atomic mass is 35.5. The third-order valence-corrected chi connectivity index (χ3v) is 5.72. The summed E-state index contributed by atoms with van der Waals surface area (Å²) in [6.07, 6.45) is 2.05. The van der Waals surface area contributed by atoms with Crippen molar-refractivity contribution in [3.05, 3.63) is 73.3 Å². The second kappa shape index (κ2) is 9.96. The largest absolute Gasteiger partial charge is 0.339 e. The number of aliphatic imine (C=N–C) groups is 1. The minimum absolute atomic E-state index is 0.0304. The lowest BCUT2D eigenvalue weighted by molar-refractivity contribution is 0.366. The smallest absolute Gasteiger partial charge is 0.332 e. The summed E-state index contributed by atoms with van der Waals surface area (Å²) in [5.41, 5.74) is -0.863. The number of hydrogen-bond acceptors (Lipinski definition) is 6. The van der Waals surface area contributed by atoms with E-state index in [9.17, 15) is 22.8 Å². The van der Waals surface area contributed by atoms with Crippen LogP contribution in [0.25, 0.3) is 0 Å². The van der Waals surface area contributed by atoms with Crippen molar-refractivity contribution in [2.24, 2.45) is 4.99 Å². The fourth-order valence-electron chi connectivity index (χ4n) is 3.79. The molecule has 12 heteroatoms. The normalized spacial score (nSPS) is 12.8. The van der Waals surface area contributed by atoms with E-state index in [1.807, 2.05) is 6.92 Å². The first kappa shape index (κ1) is 23.9. The first-order valence-corrected chi connectivity index (χ1v) is 11.2. The van der Waals surface area contributed by atoms with Gasteiger partial charge in [-0.3, -0.25) is 13.9 Å². The van der Waals surface area contributed by atoms with Crippen LogP contribution < -0.4 is 11.2 Å². The number of unbranched alkanes of at least 4 members (excludes halogenated alkanes) is 1. The van der Waals surface area contributed by atoms with Crippen LogP contribution in [-0.2, 0) is 32.4 Å². The number of fused-ring (bicyclic) bond motifs is 1. The number of hydrogen-bond donors (Lipinski definition) is 0. The maximum absolute atomic E-state index is 13.9. The molecular weight excluding hydrogens is 475 g/mol. The van der Waals surface area contributed by atoms with Crippen molar-refractivity contribution in [2.75, 3.05) is 0 Å². The average molecular weight is 496 g/mol. The minimum Gasteiger partial charge on any atom is -0.339 e. The summed E-state index contributed by atoms with van der Waals surface area (Å²) in [7, 11) is 0. The SMILES string of the molecule is CCCCn1c2c(c(=O)n(CCCc3nc(Cc4c(F)cc(F)cc4F)no3)c1=O)CC(Cl)=N2.